The maximum absolute atomic E-state index is 12.1. The number of para-hydroxylation sites is 2. The molecule has 1 aromatic rings. The third kappa shape index (κ3) is 4.71. The number of rotatable bonds is 7. The molecule has 8 heteroatoms. The number of anilines is 1. The number of hydrogen-bond donors (Lipinski definition) is 2. The first kappa shape index (κ1) is 18.2. The molecule has 0 unspecified atom stereocenters. The molecule has 1 heterocycles. The molecule has 1 saturated heterocycles. The first-order valence-corrected chi connectivity index (χ1v) is 9.10. The number of piperidine rings is 1. The molecule has 0 spiro atoms. The van der Waals surface area contributed by atoms with E-state index in [9.17, 15) is 19.7 Å². The van der Waals surface area contributed by atoms with Gasteiger partial charge in [0.25, 0.3) is 5.69 Å². The van der Waals surface area contributed by atoms with Gasteiger partial charge in [0.2, 0.25) is 11.8 Å². The second-order valence-electron chi connectivity index (χ2n) is 6.89. The molecule has 2 amide bonds. The third-order valence-corrected chi connectivity index (χ3v) is 4.87. The molecule has 2 aliphatic rings. The second kappa shape index (κ2) is 8.16. The summed E-state index contributed by atoms with van der Waals surface area (Å²) < 4.78 is 0. The van der Waals surface area contributed by atoms with Crippen LogP contribution in [-0.4, -0.2) is 47.3 Å². The van der Waals surface area contributed by atoms with Crippen molar-refractivity contribution in [2.75, 3.05) is 25.0 Å². The largest absolute Gasteiger partial charge is 0.379 e. The summed E-state index contributed by atoms with van der Waals surface area (Å²) in [5.41, 5.74) is 0.415. The molecule has 1 saturated carbocycles. The minimum atomic E-state index is -0.445. The Morgan fingerprint density at radius 1 is 1.15 bits per heavy atom. The predicted octanol–water partition coefficient (Wildman–Crippen LogP) is 1.91. The maximum atomic E-state index is 12.1. The highest BCUT2D eigenvalue weighted by Crippen LogP contribution is 2.31. The molecular formula is C18H24N4O4. The van der Waals surface area contributed by atoms with Gasteiger partial charge in [0.1, 0.15) is 5.69 Å². The van der Waals surface area contributed by atoms with Crippen LogP contribution in [0, 0.1) is 16.0 Å². The molecule has 0 aromatic heterocycles. The van der Waals surface area contributed by atoms with Gasteiger partial charge in [-0.15, -0.1) is 0 Å². The lowest BCUT2D eigenvalue weighted by atomic mass is 10.0. The van der Waals surface area contributed by atoms with Gasteiger partial charge in [-0.3, -0.25) is 19.7 Å². The van der Waals surface area contributed by atoms with Crippen molar-refractivity contribution in [3.05, 3.63) is 34.4 Å². The van der Waals surface area contributed by atoms with E-state index >= 15 is 0 Å². The molecule has 140 valence electrons. The van der Waals surface area contributed by atoms with Gasteiger partial charge in [-0.25, -0.2) is 0 Å². The number of nitrogens with one attached hydrogen (secondary N) is 2. The van der Waals surface area contributed by atoms with Crippen molar-refractivity contribution in [2.24, 2.45) is 5.92 Å². The zero-order chi connectivity index (χ0) is 18.5. The number of carbonyl (C=O) groups excluding carboxylic acids is 2. The quantitative estimate of drug-likeness (QED) is 0.571. The highest BCUT2D eigenvalue weighted by molar-refractivity contribution is 5.81. The Labute approximate surface area is 152 Å². The molecule has 0 atom stereocenters. The highest BCUT2D eigenvalue weighted by Gasteiger charge is 2.35. The number of nitrogens with zero attached hydrogens (tertiary/aromatic N) is 2. The summed E-state index contributed by atoms with van der Waals surface area (Å²) in [4.78, 5) is 36.5. The van der Waals surface area contributed by atoms with Crippen molar-refractivity contribution in [1.82, 2.24) is 10.2 Å². The van der Waals surface area contributed by atoms with Gasteiger partial charge in [-0.05, 0) is 31.7 Å². The van der Waals surface area contributed by atoms with E-state index in [0.717, 1.165) is 25.7 Å². The van der Waals surface area contributed by atoms with Gasteiger partial charge in [0.05, 0.1) is 4.92 Å². The van der Waals surface area contributed by atoms with E-state index in [0.29, 0.717) is 25.3 Å². The van der Waals surface area contributed by atoms with E-state index < -0.39 is 4.92 Å². The zero-order valence-corrected chi connectivity index (χ0v) is 14.6. The van der Waals surface area contributed by atoms with Gasteiger partial charge >= 0.3 is 0 Å². The van der Waals surface area contributed by atoms with Gasteiger partial charge in [0, 0.05) is 44.1 Å². The standard InChI is InChI=1S/C18H24N4O4/c23-17(7-10-19-15-3-1-2-4-16(15)22(25)26)20-14-8-11-21(12-9-14)18(24)13-5-6-13/h1-4,13-14,19H,5-12H2,(H,20,23). The summed E-state index contributed by atoms with van der Waals surface area (Å²) in [5, 5.41) is 16.9. The van der Waals surface area contributed by atoms with Crippen molar-refractivity contribution in [1.29, 1.82) is 0 Å². The normalized spacial score (nSPS) is 17.6. The second-order valence-corrected chi connectivity index (χ2v) is 6.89. The van der Waals surface area contributed by atoms with E-state index in [1.165, 1.54) is 6.07 Å². The number of benzene rings is 1. The smallest absolute Gasteiger partial charge is 0.292 e. The van der Waals surface area contributed by atoms with E-state index in [1.54, 1.807) is 18.2 Å². The third-order valence-electron chi connectivity index (χ3n) is 4.87. The van der Waals surface area contributed by atoms with Crippen molar-refractivity contribution in [2.45, 2.75) is 38.1 Å². The van der Waals surface area contributed by atoms with Crippen LogP contribution in [0.15, 0.2) is 24.3 Å². The van der Waals surface area contributed by atoms with Crippen LogP contribution in [0.25, 0.3) is 0 Å². The number of nitro groups is 1. The first-order chi connectivity index (χ1) is 12.5. The number of nitro benzene ring substituents is 1. The first-order valence-electron chi connectivity index (χ1n) is 9.10. The average Bonchev–Trinajstić information content (AvgIpc) is 3.47. The van der Waals surface area contributed by atoms with Gasteiger partial charge < -0.3 is 15.5 Å². The summed E-state index contributed by atoms with van der Waals surface area (Å²) in [6.45, 7) is 1.74. The van der Waals surface area contributed by atoms with E-state index in [1.807, 2.05) is 4.90 Å². The summed E-state index contributed by atoms with van der Waals surface area (Å²) in [6.07, 6.45) is 3.83. The molecule has 1 aliphatic carbocycles. The minimum absolute atomic E-state index is 0.000565. The van der Waals surface area contributed by atoms with Gasteiger partial charge in [-0.1, -0.05) is 12.1 Å². The van der Waals surface area contributed by atoms with Crippen molar-refractivity contribution >= 4 is 23.2 Å². The number of likely N-dealkylation sites (tertiary alicyclic amines) is 1. The summed E-state index contributed by atoms with van der Waals surface area (Å²) >= 11 is 0. The van der Waals surface area contributed by atoms with E-state index in [-0.39, 0.29) is 35.9 Å². The average molecular weight is 360 g/mol. The van der Waals surface area contributed by atoms with E-state index in [2.05, 4.69) is 10.6 Å². The molecule has 2 fully saturated rings. The fraction of sp³-hybridized carbons (Fsp3) is 0.556. The van der Waals surface area contributed by atoms with Crippen LogP contribution in [0.4, 0.5) is 11.4 Å². The van der Waals surface area contributed by atoms with Crippen LogP contribution in [0.3, 0.4) is 0 Å². The van der Waals surface area contributed by atoms with Crippen molar-refractivity contribution in [3.8, 4) is 0 Å². The minimum Gasteiger partial charge on any atom is -0.379 e. The maximum Gasteiger partial charge on any atom is 0.292 e. The fourth-order valence-corrected chi connectivity index (χ4v) is 3.23. The fourth-order valence-electron chi connectivity index (χ4n) is 3.23. The lowest BCUT2D eigenvalue weighted by Crippen LogP contribution is -2.47. The predicted molar refractivity (Wildman–Crippen MR) is 96.7 cm³/mol. The Kier molecular flexibility index (Phi) is 5.70. The molecule has 1 aliphatic heterocycles. The van der Waals surface area contributed by atoms with Crippen LogP contribution >= 0.6 is 0 Å². The van der Waals surface area contributed by atoms with Crippen LogP contribution in [0.5, 0.6) is 0 Å². The Morgan fingerprint density at radius 3 is 2.50 bits per heavy atom. The molecule has 0 radical (unpaired) electrons. The Hall–Kier alpha value is -2.64. The summed E-state index contributed by atoms with van der Waals surface area (Å²) in [6, 6.07) is 6.47. The van der Waals surface area contributed by atoms with Crippen molar-refractivity contribution < 1.29 is 14.5 Å². The number of carbonyl (C=O) groups is 2. The van der Waals surface area contributed by atoms with Crippen molar-refractivity contribution in [3.63, 3.8) is 0 Å². The van der Waals surface area contributed by atoms with Crippen LogP contribution in [0.1, 0.15) is 32.1 Å². The Morgan fingerprint density at radius 2 is 1.85 bits per heavy atom. The van der Waals surface area contributed by atoms with Crippen LogP contribution < -0.4 is 10.6 Å². The van der Waals surface area contributed by atoms with Crippen LogP contribution in [-0.2, 0) is 9.59 Å². The lowest BCUT2D eigenvalue weighted by Gasteiger charge is -2.32. The molecule has 0 bridgehead atoms. The highest BCUT2D eigenvalue weighted by atomic mass is 16.6. The van der Waals surface area contributed by atoms with Gasteiger partial charge in [0.15, 0.2) is 0 Å². The molecule has 2 N–H and O–H groups in total. The lowest BCUT2D eigenvalue weighted by molar-refractivity contribution is -0.384. The summed E-state index contributed by atoms with van der Waals surface area (Å²) in [5.74, 6) is 0.431. The SMILES string of the molecule is O=C(CCNc1ccccc1[N+](=O)[O-])NC1CCN(C(=O)C2CC2)CC1. The molecule has 26 heavy (non-hydrogen) atoms. The summed E-state index contributed by atoms with van der Waals surface area (Å²) in [7, 11) is 0. The monoisotopic (exact) mass is 360 g/mol. The molecule has 1 aromatic carbocycles. The van der Waals surface area contributed by atoms with E-state index in [4.69, 9.17) is 0 Å². The molecule has 3 rings (SSSR count). The number of amides is 2. The van der Waals surface area contributed by atoms with Gasteiger partial charge in [-0.2, -0.15) is 0 Å². The number of hydrogen-bond acceptors (Lipinski definition) is 5. The zero-order valence-electron chi connectivity index (χ0n) is 14.6. The topological polar surface area (TPSA) is 105 Å². The molecule has 8 nitrogen and oxygen atoms in total. The Bertz CT molecular complexity index is 682. The molecular weight excluding hydrogens is 336 g/mol. The van der Waals surface area contributed by atoms with Crippen LogP contribution in [0.2, 0.25) is 0 Å². The Balaban J connectivity index is 1.37.